The van der Waals surface area contributed by atoms with Gasteiger partial charge in [-0.1, -0.05) is 0 Å². The number of ether oxygens (including phenoxy) is 2. The molecule has 0 amide bonds. The Morgan fingerprint density at radius 2 is 2.07 bits per heavy atom. The minimum absolute atomic E-state index is 0.187. The smallest absolute Gasteiger partial charge is 0.0692 e. The minimum Gasteiger partial charge on any atom is -0.381 e. The zero-order valence-corrected chi connectivity index (χ0v) is 9.08. The lowest BCUT2D eigenvalue weighted by Crippen LogP contribution is -2.29. The van der Waals surface area contributed by atoms with Crippen molar-refractivity contribution in [3.63, 3.8) is 0 Å². The van der Waals surface area contributed by atoms with Crippen molar-refractivity contribution in [1.29, 1.82) is 5.26 Å². The van der Waals surface area contributed by atoms with Gasteiger partial charge in [0.1, 0.15) is 0 Å². The molecule has 1 saturated heterocycles. The van der Waals surface area contributed by atoms with E-state index in [1.54, 1.807) is 0 Å². The molecule has 0 aromatic carbocycles. The van der Waals surface area contributed by atoms with E-state index in [2.05, 4.69) is 6.07 Å². The molecule has 1 fully saturated rings. The van der Waals surface area contributed by atoms with Gasteiger partial charge in [0.25, 0.3) is 0 Å². The highest BCUT2D eigenvalue weighted by molar-refractivity contribution is 4.99. The molecule has 14 heavy (non-hydrogen) atoms. The van der Waals surface area contributed by atoms with E-state index in [4.69, 9.17) is 14.7 Å². The van der Waals surface area contributed by atoms with Crippen molar-refractivity contribution in [3.05, 3.63) is 0 Å². The summed E-state index contributed by atoms with van der Waals surface area (Å²) in [6, 6.07) is 2.43. The molecule has 1 rings (SSSR count). The minimum atomic E-state index is -0.187. The van der Waals surface area contributed by atoms with E-state index in [1.165, 1.54) is 0 Å². The Hall–Kier alpha value is -0.590. The maximum atomic E-state index is 9.15. The van der Waals surface area contributed by atoms with Gasteiger partial charge in [-0.3, -0.25) is 0 Å². The summed E-state index contributed by atoms with van der Waals surface area (Å²) in [7, 11) is 0. The molecule has 3 heteroatoms. The second-order valence-corrected chi connectivity index (χ2v) is 4.17. The third-order valence-electron chi connectivity index (χ3n) is 2.72. The number of rotatable bonds is 4. The van der Waals surface area contributed by atoms with E-state index in [-0.39, 0.29) is 11.5 Å². The quantitative estimate of drug-likeness (QED) is 0.693. The molecule has 0 N–H and O–H groups in total. The Bertz CT molecular complexity index is 202. The average Bonchev–Trinajstić information content (AvgIpc) is 2.19. The maximum Gasteiger partial charge on any atom is 0.0692 e. The summed E-state index contributed by atoms with van der Waals surface area (Å²) in [5, 5.41) is 9.15. The molecule has 0 atom stereocenters. The fourth-order valence-corrected chi connectivity index (χ4v) is 1.67. The van der Waals surface area contributed by atoms with Crippen LogP contribution in [0.15, 0.2) is 0 Å². The molecule has 0 aromatic rings. The predicted octanol–water partition coefficient (Wildman–Crippen LogP) is 2.12. The van der Waals surface area contributed by atoms with Crippen LogP contribution in [-0.4, -0.2) is 25.9 Å². The second kappa shape index (κ2) is 5.33. The summed E-state index contributed by atoms with van der Waals surface area (Å²) in [6.45, 7) is 6.15. The lowest BCUT2D eigenvalue weighted by molar-refractivity contribution is 0.00906. The van der Waals surface area contributed by atoms with E-state index in [1.807, 2.05) is 13.8 Å². The second-order valence-electron chi connectivity index (χ2n) is 4.17. The van der Waals surface area contributed by atoms with Crippen LogP contribution in [-0.2, 0) is 9.47 Å². The molecule has 80 valence electrons. The fraction of sp³-hybridized carbons (Fsp3) is 0.909. The van der Waals surface area contributed by atoms with Gasteiger partial charge in [-0.2, -0.15) is 5.26 Å². The molecule has 1 aliphatic heterocycles. The molecule has 1 heterocycles. The first-order valence-electron chi connectivity index (χ1n) is 5.29. The first-order chi connectivity index (χ1) is 6.68. The van der Waals surface area contributed by atoms with Gasteiger partial charge in [0.2, 0.25) is 0 Å². The number of nitriles is 1. The largest absolute Gasteiger partial charge is 0.381 e. The van der Waals surface area contributed by atoms with Gasteiger partial charge in [0, 0.05) is 19.8 Å². The van der Waals surface area contributed by atoms with Crippen LogP contribution in [0.25, 0.3) is 0 Å². The zero-order valence-electron chi connectivity index (χ0n) is 9.08. The van der Waals surface area contributed by atoms with Gasteiger partial charge in [0.05, 0.1) is 17.6 Å². The summed E-state index contributed by atoms with van der Waals surface area (Å²) in [4.78, 5) is 0. The lowest BCUT2D eigenvalue weighted by Gasteiger charge is -2.30. The van der Waals surface area contributed by atoms with Crippen molar-refractivity contribution in [2.75, 3.05) is 19.8 Å². The molecule has 0 bridgehead atoms. The molecule has 0 radical (unpaired) electrons. The molecule has 3 nitrogen and oxygen atoms in total. The summed E-state index contributed by atoms with van der Waals surface area (Å²) in [5.41, 5.74) is -0.187. The summed E-state index contributed by atoms with van der Waals surface area (Å²) in [6.07, 6.45) is 2.80. The first kappa shape index (κ1) is 11.5. The van der Waals surface area contributed by atoms with Crippen molar-refractivity contribution in [1.82, 2.24) is 0 Å². The van der Waals surface area contributed by atoms with Crippen molar-refractivity contribution in [3.8, 4) is 6.07 Å². The Kier molecular flexibility index (Phi) is 4.37. The number of hydrogen-bond donors (Lipinski definition) is 0. The standard InChI is InChI=1S/C11H19NO2/c1-10(2)14-8-5-11(9-12)3-6-13-7-4-11/h10H,3-8H2,1-2H3. The maximum absolute atomic E-state index is 9.15. The van der Waals surface area contributed by atoms with Gasteiger partial charge >= 0.3 is 0 Å². The fourth-order valence-electron chi connectivity index (χ4n) is 1.67. The van der Waals surface area contributed by atoms with E-state index in [9.17, 15) is 0 Å². The summed E-state index contributed by atoms with van der Waals surface area (Å²) >= 11 is 0. The van der Waals surface area contributed by atoms with Gasteiger partial charge in [0.15, 0.2) is 0 Å². The zero-order chi connectivity index (χ0) is 10.4. The molecule has 0 aromatic heterocycles. The molecular formula is C11H19NO2. The van der Waals surface area contributed by atoms with Gasteiger partial charge in [-0.25, -0.2) is 0 Å². The summed E-state index contributed by atoms with van der Waals surface area (Å²) < 4.78 is 10.7. The Balaban J connectivity index is 2.34. The normalized spacial score (nSPS) is 20.7. The van der Waals surface area contributed by atoms with E-state index in [0.29, 0.717) is 6.61 Å². The topological polar surface area (TPSA) is 42.2 Å². The Morgan fingerprint density at radius 3 is 2.57 bits per heavy atom. The van der Waals surface area contributed by atoms with Crippen LogP contribution >= 0.6 is 0 Å². The Morgan fingerprint density at radius 1 is 1.43 bits per heavy atom. The van der Waals surface area contributed by atoms with Crippen molar-refractivity contribution < 1.29 is 9.47 Å². The van der Waals surface area contributed by atoms with Crippen LogP contribution < -0.4 is 0 Å². The van der Waals surface area contributed by atoms with E-state index < -0.39 is 0 Å². The van der Waals surface area contributed by atoms with Crippen LogP contribution in [0.4, 0.5) is 0 Å². The van der Waals surface area contributed by atoms with Crippen molar-refractivity contribution in [2.24, 2.45) is 5.41 Å². The van der Waals surface area contributed by atoms with E-state index >= 15 is 0 Å². The van der Waals surface area contributed by atoms with E-state index in [0.717, 1.165) is 32.5 Å². The summed E-state index contributed by atoms with van der Waals surface area (Å²) in [5.74, 6) is 0. The van der Waals surface area contributed by atoms with Crippen LogP contribution in [0.1, 0.15) is 33.1 Å². The van der Waals surface area contributed by atoms with Gasteiger partial charge in [-0.15, -0.1) is 0 Å². The van der Waals surface area contributed by atoms with Crippen molar-refractivity contribution >= 4 is 0 Å². The first-order valence-corrected chi connectivity index (χ1v) is 5.29. The predicted molar refractivity (Wildman–Crippen MR) is 53.8 cm³/mol. The monoisotopic (exact) mass is 197 g/mol. The van der Waals surface area contributed by atoms with Crippen LogP contribution in [0, 0.1) is 16.7 Å². The van der Waals surface area contributed by atoms with Crippen LogP contribution in [0.2, 0.25) is 0 Å². The molecule has 0 saturated carbocycles. The lowest BCUT2D eigenvalue weighted by atomic mass is 9.79. The third kappa shape index (κ3) is 3.28. The molecule has 0 unspecified atom stereocenters. The highest BCUT2D eigenvalue weighted by Crippen LogP contribution is 2.33. The third-order valence-corrected chi connectivity index (χ3v) is 2.72. The molecule has 1 aliphatic rings. The molecule has 0 aliphatic carbocycles. The molecule has 0 spiro atoms. The van der Waals surface area contributed by atoms with Crippen molar-refractivity contribution in [2.45, 2.75) is 39.2 Å². The molecular weight excluding hydrogens is 178 g/mol. The van der Waals surface area contributed by atoms with Crippen LogP contribution in [0.5, 0.6) is 0 Å². The van der Waals surface area contributed by atoms with Gasteiger partial charge in [-0.05, 0) is 33.1 Å². The highest BCUT2D eigenvalue weighted by Gasteiger charge is 2.32. The highest BCUT2D eigenvalue weighted by atomic mass is 16.5. The van der Waals surface area contributed by atoms with Gasteiger partial charge < -0.3 is 9.47 Å². The van der Waals surface area contributed by atoms with Crippen LogP contribution in [0.3, 0.4) is 0 Å². The average molecular weight is 197 g/mol. The Labute approximate surface area is 86.0 Å². The SMILES string of the molecule is CC(C)OCCC1(C#N)CCOCC1. The number of hydrogen-bond acceptors (Lipinski definition) is 3. The number of nitrogens with zero attached hydrogens (tertiary/aromatic N) is 1.